The van der Waals surface area contributed by atoms with Crippen LogP contribution in [-0.4, -0.2) is 21.8 Å². The summed E-state index contributed by atoms with van der Waals surface area (Å²) >= 11 is 0. The van der Waals surface area contributed by atoms with E-state index in [-0.39, 0.29) is 24.2 Å². The number of alkyl halides is 3. The van der Waals surface area contributed by atoms with Crippen LogP contribution in [0.2, 0.25) is 0 Å². The summed E-state index contributed by atoms with van der Waals surface area (Å²) in [6.07, 6.45) is 0.124. The highest BCUT2D eigenvalue weighted by atomic mass is 19.4. The van der Waals surface area contributed by atoms with Gasteiger partial charge in [-0.05, 0) is 42.2 Å². The monoisotopic (exact) mass is 390 g/mol. The van der Waals surface area contributed by atoms with Gasteiger partial charge in [-0.2, -0.15) is 13.2 Å². The number of nitro groups is 1. The van der Waals surface area contributed by atoms with E-state index >= 15 is 0 Å². The van der Waals surface area contributed by atoms with Crippen LogP contribution in [0.3, 0.4) is 0 Å². The van der Waals surface area contributed by atoms with Gasteiger partial charge in [0.25, 0.3) is 5.69 Å². The Kier molecular flexibility index (Phi) is 5.48. The highest BCUT2D eigenvalue weighted by Crippen LogP contribution is 2.31. The summed E-state index contributed by atoms with van der Waals surface area (Å²) in [6.45, 7) is 0.209. The molecule has 0 aromatic heterocycles. The Hall–Kier alpha value is -3.16. The molecule has 0 bridgehead atoms. The first-order valence-corrected chi connectivity index (χ1v) is 8.63. The zero-order chi connectivity index (χ0) is 20.3. The van der Waals surface area contributed by atoms with E-state index in [2.05, 4.69) is 0 Å². The van der Waals surface area contributed by atoms with Crippen molar-refractivity contribution in [3.8, 4) is 0 Å². The maximum absolute atomic E-state index is 12.7. The Bertz CT molecular complexity index is 904. The molecule has 2 aromatic rings. The third kappa shape index (κ3) is 4.97. The van der Waals surface area contributed by atoms with Gasteiger partial charge in [-0.25, -0.2) is 0 Å². The van der Waals surface area contributed by atoms with Crippen LogP contribution >= 0.6 is 0 Å². The van der Waals surface area contributed by atoms with Gasteiger partial charge < -0.3 is 4.90 Å². The zero-order valence-corrected chi connectivity index (χ0v) is 14.7. The van der Waals surface area contributed by atoms with Crippen molar-refractivity contribution >= 4 is 17.7 Å². The first-order valence-electron chi connectivity index (χ1n) is 8.63. The first kappa shape index (κ1) is 19.6. The Balaban J connectivity index is 1.71. The van der Waals surface area contributed by atoms with Gasteiger partial charge in [-0.3, -0.25) is 14.9 Å². The number of hydrogen-bond donors (Lipinski definition) is 0. The summed E-state index contributed by atoms with van der Waals surface area (Å²) < 4.78 is 38.0. The van der Waals surface area contributed by atoms with Crippen LogP contribution in [0, 0.1) is 10.1 Å². The Morgan fingerprint density at radius 3 is 2.43 bits per heavy atom. The van der Waals surface area contributed by atoms with E-state index in [0.717, 1.165) is 25.0 Å². The summed E-state index contributed by atoms with van der Waals surface area (Å²) in [6, 6.07) is 10.7. The van der Waals surface area contributed by atoms with Gasteiger partial charge in [0.1, 0.15) is 0 Å². The van der Waals surface area contributed by atoms with Gasteiger partial charge in [0.15, 0.2) is 0 Å². The molecule has 146 valence electrons. The summed E-state index contributed by atoms with van der Waals surface area (Å²) in [5.74, 6) is -0.283. The second-order valence-electron chi connectivity index (χ2n) is 6.58. The Morgan fingerprint density at radius 2 is 1.86 bits per heavy atom. The molecule has 1 amide bonds. The van der Waals surface area contributed by atoms with E-state index in [4.69, 9.17) is 0 Å². The van der Waals surface area contributed by atoms with E-state index in [1.54, 1.807) is 11.0 Å². The Labute approximate surface area is 159 Å². The van der Waals surface area contributed by atoms with Gasteiger partial charge in [0.2, 0.25) is 5.91 Å². The average molecular weight is 390 g/mol. The fraction of sp³-hybridized carbons (Fsp3) is 0.250. The van der Waals surface area contributed by atoms with Crippen molar-refractivity contribution < 1.29 is 22.9 Å². The predicted molar refractivity (Wildman–Crippen MR) is 97.1 cm³/mol. The molecule has 0 spiro atoms. The molecule has 0 unspecified atom stereocenters. The number of non-ortho nitro benzene ring substituents is 1. The maximum atomic E-state index is 12.7. The molecule has 1 saturated carbocycles. The van der Waals surface area contributed by atoms with Gasteiger partial charge in [-0.15, -0.1) is 0 Å². The van der Waals surface area contributed by atoms with Crippen LogP contribution in [0.25, 0.3) is 6.08 Å². The van der Waals surface area contributed by atoms with Crippen molar-refractivity contribution in [1.29, 1.82) is 0 Å². The second kappa shape index (κ2) is 7.84. The third-order valence-corrected chi connectivity index (χ3v) is 4.40. The summed E-state index contributed by atoms with van der Waals surface area (Å²) in [4.78, 5) is 24.5. The first-order chi connectivity index (χ1) is 13.2. The number of carbonyl (C=O) groups is 1. The SMILES string of the molecule is O=C(/C=C/c1cccc([N+](=O)[O-])c1)N(Cc1ccc(C(F)(F)F)cc1)C1CC1. The highest BCUT2D eigenvalue weighted by molar-refractivity contribution is 5.92. The van der Waals surface area contributed by atoms with Crippen molar-refractivity contribution in [2.75, 3.05) is 0 Å². The van der Waals surface area contributed by atoms with Crippen LogP contribution in [-0.2, 0) is 17.5 Å². The molecular formula is C20H17F3N2O3. The topological polar surface area (TPSA) is 63.4 Å². The molecule has 1 aliphatic rings. The third-order valence-electron chi connectivity index (χ3n) is 4.40. The van der Waals surface area contributed by atoms with Crippen molar-refractivity contribution in [3.05, 3.63) is 81.4 Å². The zero-order valence-electron chi connectivity index (χ0n) is 14.7. The molecule has 0 radical (unpaired) electrons. The molecule has 0 saturated heterocycles. The number of carbonyl (C=O) groups excluding carboxylic acids is 1. The standard InChI is InChI=1S/C20H17F3N2O3/c21-20(22,23)16-7-4-15(5-8-16)13-24(17-9-10-17)19(26)11-6-14-2-1-3-18(12-14)25(27)28/h1-8,11-12,17H,9-10,13H2/b11-6+. The van der Waals surface area contributed by atoms with Gasteiger partial charge >= 0.3 is 6.18 Å². The van der Waals surface area contributed by atoms with Crippen LogP contribution < -0.4 is 0 Å². The molecular weight excluding hydrogens is 373 g/mol. The van der Waals surface area contributed by atoms with Crippen LogP contribution in [0.4, 0.5) is 18.9 Å². The largest absolute Gasteiger partial charge is 0.416 e. The predicted octanol–water partition coefficient (Wildman–Crippen LogP) is 4.82. The van der Waals surface area contributed by atoms with E-state index < -0.39 is 16.7 Å². The molecule has 8 heteroatoms. The van der Waals surface area contributed by atoms with Gasteiger partial charge in [0.05, 0.1) is 10.5 Å². The minimum absolute atomic E-state index is 0.0598. The van der Waals surface area contributed by atoms with E-state index in [1.807, 2.05) is 0 Å². The van der Waals surface area contributed by atoms with E-state index in [1.165, 1.54) is 42.5 Å². The molecule has 1 aliphatic carbocycles. The lowest BCUT2D eigenvalue weighted by Gasteiger charge is -2.21. The molecule has 28 heavy (non-hydrogen) atoms. The number of rotatable bonds is 6. The lowest BCUT2D eigenvalue weighted by molar-refractivity contribution is -0.384. The lowest BCUT2D eigenvalue weighted by Crippen LogP contribution is -2.31. The van der Waals surface area contributed by atoms with Crippen LogP contribution in [0.1, 0.15) is 29.5 Å². The van der Waals surface area contributed by atoms with E-state index in [9.17, 15) is 28.1 Å². The number of amides is 1. The minimum atomic E-state index is -4.40. The molecule has 1 fully saturated rings. The summed E-state index contributed by atoms with van der Waals surface area (Å²) in [5, 5.41) is 10.8. The Morgan fingerprint density at radius 1 is 1.18 bits per heavy atom. The van der Waals surface area contributed by atoms with Gasteiger partial charge in [0, 0.05) is 30.8 Å². The molecule has 2 aromatic carbocycles. The highest BCUT2D eigenvalue weighted by Gasteiger charge is 2.32. The van der Waals surface area contributed by atoms with Crippen molar-refractivity contribution in [2.45, 2.75) is 31.6 Å². The number of benzene rings is 2. The average Bonchev–Trinajstić information content (AvgIpc) is 3.49. The lowest BCUT2D eigenvalue weighted by atomic mass is 10.1. The van der Waals surface area contributed by atoms with Crippen molar-refractivity contribution in [2.24, 2.45) is 0 Å². The van der Waals surface area contributed by atoms with Crippen molar-refractivity contribution in [1.82, 2.24) is 4.90 Å². The number of halogens is 3. The fourth-order valence-corrected chi connectivity index (χ4v) is 2.77. The number of nitrogens with zero attached hydrogens (tertiary/aromatic N) is 2. The second-order valence-corrected chi connectivity index (χ2v) is 6.58. The van der Waals surface area contributed by atoms with Crippen LogP contribution in [0.15, 0.2) is 54.6 Å². The summed E-state index contributed by atoms with van der Waals surface area (Å²) in [5.41, 5.74) is 0.328. The summed E-state index contributed by atoms with van der Waals surface area (Å²) in [7, 11) is 0. The molecule has 0 aliphatic heterocycles. The maximum Gasteiger partial charge on any atom is 0.416 e. The molecule has 0 N–H and O–H groups in total. The quantitative estimate of drug-likeness (QED) is 0.404. The molecule has 5 nitrogen and oxygen atoms in total. The molecule has 0 atom stereocenters. The van der Waals surface area contributed by atoms with Gasteiger partial charge in [-0.1, -0.05) is 24.3 Å². The smallest absolute Gasteiger partial charge is 0.332 e. The molecule has 3 rings (SSSR count). The van der Waals surface area contributed by atoms with Crippen LogP contribution in [0.5, 0.6) is 0 Å². The fourth-order valence-electron chi connectivity index (χ4n) is 2.77. The molecule has 0 heterocycles. The minimum Gasteiger partial charge on any atom is -0.332 e. The van der Waals surface area contributed by atoms with E-state index in [0.29, 0.717) is 11.1 Å². The van der Waals surface area contributed by atoms with Crippen molar-refractivity contribution in [3.63, 3.8) is 0 Å². The number of hydrogen-bond acceptors (Lipinski definition) is 3. The number of nitro benzene ring substituents is 1. The normalized spacial score (nSPS) is 14.2.